The molecule has 0 bridgehead atoms. The van der Waals surface area contributed by atoms with E-state index in [0.717, 1.165) is 25.9 Å². The maximum atomic E-state index is 12.4. The van der Waals surface area contributed by atoms with Crippen molar-refractivity contribution in [2.75, 3.05) is 63.7 Å². The van der Waals surface area contributed by atoms with Crippen molar-refractivity contribution in [1.82, 2.24) is 38.5 Å². The van der Waals surface area contributed by atoms with Gasteiger partial charge in [0.05, 0.1) is 48.9 Å². The van der Waals surface area contributed by atoms with Gasteiger partial charge < -0.3 is 39.1 Å². The Hall–Kier alpha value is -4.61. The van der Waals surface area contributed by atoms with Crippen LogP contribution < -0.4 is 11.1 Å². The predicted octanol–water partition coefficient (Wildman–Crippen LogP) is 6.23. The van der Waals surface area contributed by atoms with Crippen LogP contribution in [-0.2, 0) is 9.47 Å². The second-order valence-corrected chi connectivity index (χ2v) is 13.5. The third kappa shape index (κ3) is 9.83. The number of fused-ring (bicyclic) bond motifs is 2. The zero-order valence-electron chi connectivity index (χ0n) is 27.2. The summed E-state index contributed by atoms with van der Waals surface area (Å²) in [4.78, 5) is 44.6. The van der Waals surface area contributed by atoms with E-state index in [9.17, 15) is 9.59 Å². The number of nitrogens with one attached hydrogen (secondary N) is 1. The number of anilines is 3. The van der Waals surface area contributed by atoms with Crippen LogP contribution in [0.5, 0.6) is 0 Å². The predicted molar refractivity (Wildman–Crippen MR) is 207 cm³/mol. The molecule has 8 rings (SSSR count). The monoisotopic (exact) mass is 854 g/mol. The molecule has 272 valence electrons. The average molecular weight is 857 g/mol. The van der Waals surface area contributed by atoms with Crippen molar-refractivity contribution in [2.24, 2.45) is 0 Å². The quantitative estimate of drug-likeness (QED) is 0.195. The highest BCUT2D eigenvalue weighted by atomic mass is 79.9. The minimum Gasteiger partial charge on any atom is -0.396 e. The van der Waals surface area contributed by atoms with Crippen molar-refractivity contribution in [2.45, 2.75) is 7.43 Å². The molecule has 17 heteroatoms. The van der Waals surface area contributed by atoms with Crippen LogP contribution in [0.2, 0.25) is 5.15 Å². The maximum absolute atomic E-state index is 12.4. The number of nitrogens with two attached hydrogens (primary N) is 1. The number of morpholine rings is 2. The van der Waals surface area contributed by atoms with Gasteiger partial charge in [-0.1, -0.05) is 19.0 Å². The lowest BCUT2D eigenvalue weighted by Gasteiger charge is -2.26. The van der Waals surface area contributed by atoms with Crippen molar-refractivity contribution in [1.29, 1.82) is 0 Å². The van der Waals surface area contributed by atoms with Crippen molar-refractivity contribution in [3.05, 3.63) is 111 Å². The van der Waals surface area contributed by atoms with Crippen LogP contribution in [0, 0.1) is 0 Å². The highest BCUT2D eigenvalue weighted by molar-refractivity contribution is 9.10. The third-order valence-electron chi connectivity index (χ3n) is 7.78. The molecule has 2 amide bonds. The minimum absolute atomic E-state index is 0. The normalized spacial score (nSPS) is 14.1. The first kappa shape index (κ1) is 38.6. The summed E-state index contributed by atoms with van der Waals surface area (Å²) in [5.74, 6) is 0.629. The molecule has 2 fully saturated rings. The number of pyridine rings is 4. The molecule has 0 aliphatic carbocycles. The smallest absolute Gasteiger partial charge is 0.255 e. The van der Waals surface area contributed by atoms with Crippen molar-refractivity contribution in [3.8, 4) is 0 Å². The second kappa shape index (κ2) is 18.2. The molecule has 0 unspecified atom stereocenters. The van der Waals surface area contributed by atoms with Crippen molar-refractivity contribution >= 4 is 83.8 Å². The Balaban J connectivity index is 0.000000164. The largest absolute Gasteiger partial charge is 0.396 e. The van der Waals surface area contributed by atoms with E-state index in [1.807, 2.05) is 45.7 Å². The molecule has 52 heavy (non-hydrogen) atoms. The Morgan fingerprint density at radius 1 is 0.731 bits per heavy atom. The maximum Gasteiger partial charge on any atom is 0.255 e. The van der Waals surface area contributed by atoms with E-state index < -0.39 is 0 Å². The van der Waals surface area contributed by atoms with Gasteiger partial charge in [-0.3, -0.25) is 9.59 Å². The average Bonchev–Trinajstić information content (AvgIpc) is 3.83. The number of imidazole rings is 2. The van der Waals surface area contributed by atoms with E-state index in [-0.39, 0.29) is 19.2 Å². The number of carbonyl (C=O) groups is 2. The van der Waals surface area contributed by atoms with Crippen molar-refractivity contribution < 1.29 is 19.1 Å². The molecule has 6 aromatic rings. The van der Waals surface area contributed by atoms with E-state index in [1.165, 1.54) is 6.20 Å². The summed E-state index contributed by atoms with van der Waals surface area (Å²) in [5, 5.41) is 3.65. The van der Waals surface area contributed by atoms with Crippen LogP contribution in [0.15, 0.2) is 94.9 Å². The molecule has 0 aromatic carbocycles. The first-order valence-electron chi connectivity index (χ1n) is 15.8. The molecular weight excluding hydrogens is 820 g/mol. The minimum atomic E-state index is -0.0135. The summed E-state index contributed by atoms with van der Waals surface area (Å²) in [7, 11) is 0. The molecule has 0 spiro atoms. The van der Waals surface area contributed by atoms with Crippen LogP contribution in [0.4, 0.5) is 17.2 Å². The van der Waals surface area contributed by atoms with Crippen LogP contribution in [0.1, 0.15) is 28.1 Å². The molecule has 2 aliphatic heterocycles. The Bertz CT molecular complexity index is 2100. The van der Waals surface area contributed by atoms with E-state index in [4.69, 9.17) is 26.8 Å². The van der Waals surface area contributed by atoms with Gasteiger partial charge in [-0.2, -0.15) is 0 Å². The Kier molecular flexibility index (Phi) is 13.5. The molecule has 3 N–H and O–H groups in total. The van der Waals surface area contributed by atoms with E-state index in [1.54, 1.807) is 52.7 Å². The number of ether oxygens (including phenoxy) is 2. The molecule has 2 saturated heterocycles. The van der Waals surface area contributed by atoms with Gasteiger partial charge in [0.25, 0.3) is 11.8 Å². The second-order valence-electron chi connectivity index (χ2n) is 11.2. The molecular formula is C35H37Br2ClN10O4. The summed E-state index contributed by atoms with van der Waals surface area (Å²) in [6, 6.07) is 10.7. The fourth-order valence-corrected chi connectivity index (χ4v) is 6.28. The number of rotatable bonds is 4. The molecule has 2 aliphatic rings. The number of nitrogen functional groups attached to an aromatic ring is 1. The third-order valence-corrected chi connectivity index (χ3v) is 8.87. The SMILES string of the molecule is C.Nc1cc(Br)cn2ccnc12.O=C(c1ccc(Cl)nc1)N1CCOCC1.O=C(c1ccc(Nc2cc(Br)cn3ccnc23)nc1)N1CCOCC1. The summed E-state index contributed by atoms with van der Waals surface area (Å²) in [5.41, 5.74) is 9.96. The number of hydrogen-bond donors (Lipinski definition) is 2. The van der Waals surface area contributed by atoms with Gasteiger partial charge in [-0.15, -0.1) is 0 Å². The lowest BCUT2D eigenvalue weighted by Crippen LogP contribution is -2.40. The van der Waals surface area contributed by atoms with Gasteiger partial charge in [0.15, 0.2) is 11.3 Å². The summed E-state index contributed by atoms with van der Waals surface area (Å²) in [6.45, 7) is 4.90. The first-order valence-corrected chi connectivity index (χ1v) is 17.8. The molecule has 0 saturated carbocycles. The standard InChI is InChI=1S/C17H16BrN5O2.C10H11ClN2O2.C7H6BrN3.CH4/c18-13-9-14(16-19-3-4-23(16)11-13)21-15-2-1-12(10-20-15)17(24)22-5-7-25-8-6-22;11-9-2-1-8(7-12-9)10(14)13-3-5-15-6-4-13;8-5-3-6(9)7-10-1-2-11(7)4-5;/h1-4,9-11H,5-8H2,(H,20,21);1-2,7H,3-6H2;1-4H,9H2;1H4. The van der Waals surface area contributed by atoms with Gasteiger partial charge in [-0.05, 0) is 68.3 Å². The molecule has 0 atom stereocenters. The zero-order chi connectivity index (χ0) is 35.7. The number of carbonyl (C=O) groups excluding carboxylic acids is 2. The molecule has 0 radical (unpaired) electrons. The number of nitrogens with zero attached hydrogens (tertiary/aromatic N) is 8. The van der Waals surface area contributed by atoms with Crippen LogP contribution in [-0.4, -0.2) is 103 Å². The van der Waals surface area contributed by atoms with Gasteiger partial charge >= 0.3 is 0 Å². The van der Waals surface area contributed by atoms with Gasteiger partial charge in [0.1, 0.15) is 11.0 Å². The number of amides is 2. The van der Waals surface area contributed by atoms with Crippen molar-refractivity contribution in [3.63, 3.8) is 0 Å². The van der Waals surface area contributed by atoms with E-state index in [0.29, 0.717) is 80.4 Å². The van der Waals surface area contributed by atoms with Gasteiger partial charge in [-0.25, -0.2) is 19.9 Å². The lowest BCUT2D eigenvalue weighted by molar-refractivity contribution is 0.0301. The lowest BCUT2D eigenvalue weighted by atomic mass is 10.2. The van der Waals surface area contributed by atoms with E-state index in [2.05, 4.69) is 57.1 Å². The summed E-state index contributed by atoms with van der Waals surface area (Å²) < 4.78 is 16.1. The van der Waals surface area contributed by atoms with Crippen LogP contribution >= 0.6 is 43.5 Å². The fourth-order valence-electron chi connectivity index (χ4n) is 5.25. The first-order chi connectivity index (χ1) is 24.7. The Labute approximate surface area is 322 Å². The summed E-state index contributed by atoms with van der Waals surface area (Å²) >= 11 is 12.5. The Morgan fingerprint density at radius 2 is 1.25 bits per heavy atom. The molecule has 14 nitrogen and oxygen atoms in total. The van der Waals surface area contributed by atoms with Gasteiger partial charge in [0, 0.05) is 84.7 Å². The zero-order valence-corrected chi connectivity index (χ0v) is 31.1. The number of aromatic nitrogens is 6. The van der Waals surface area contributed by atoms with E-state index >= 15 is 0 Å². The fraction of sp³-hybridized carbons (Fsp3) is 0.257. The number of halogens is 3. The van der Waals surface area contributed by atoms with Crippen LogP contribution in [0.3, 0.4) is 0 Å². The van der Waals surface area contributed by atoms with Gasteiger partial charge in [0.2, 0.25) is 0 Å². The topological polar surface area (TPSA) is 158 Å². The molecule has 8 heterocycles. The highest BCUT2D eigenvalue weighted by Gasteiger charge is 2.20. The van der Waals surface area contributed by atoms with Crippen LogP contribution in [0.25, 0.3) is 11.3 Å². The molecule has 6 aromatic heterocycles. The number of hydrogen-bond acceptors (Lipinski definition) is 10. The highest BCUT2D eigenvalue weighted by Crippen LogP contribution is 2.24. The Morgan fingerprint density at radius 3 is 1.79 bits per heavy atom. The summed E-state index contributed by atoms with van der Waals surface area (Å²) in [6.07, 6.45) is 14.1.